The summed E-state index contributed by atoms with van der Waals surface area (Å²) in [7, 11) is -1.98. The Balaban J connectivity index is 2.22. The van der Waals surface area contributed by atoms with E-state index in [0.29, 0.717) is 12.2 Å². The topological polar surface area (TPSA) is 80.3 Å². The Labute approximate surface area is 120 Å². The molecule has 0 spiro atoms. The normalized spacial score (nSPS) is 22.9. The average molecular weight is 299 g/mol. The van der Waals surface area contributed by atoms with Gasteiger partial charge in [0.1, 0.15) is 4.90 Å². The van der Waals surface area contributed by atoms with Crippen molar-refractivity contribution in [3.8, 4) is 0 Å². The number of aromatic nitrogens is 1. The number of sulfonamides is 1. The molecular formula is C13H21N3O3S. The molecule has 0 aromatic carbocycles. The minimum Gasteiger partial charge on any atom is -0.384 e. The number of anilines is 1. The van der Waals surface area contributed by atoms with Gasteiger partial charge in [0, 0.05) is 32.1 Å². The molecule has 1 aromatic heterocycles. The van der Waals surface area contributed by atoms with E-state index in [1.54, 1.807) is 19.4 Å². The van der Waals surface area contributed by atoms with Gasteiger partial charge in [0.05, 0.1) is 11.8 Å². The quantitative estimate of drug-likeness (QED) is 0.829. The number of ether oxygens (including phenoxy) is 1. The van der Waals surface area contributed by atoms with Crippen molar-refractivity contribution in [1.29, 1.82) is 0 Å². The van der Waals surface area contributed by atoms with Gasteiger partial charge < -0.3 is 10.1 Å². The first kappa shape index (κ1) is 15.2. The van der Waals surface area contributed by atoms with Crippen LogP contribution in [0.3, 0.4) is 0 Å². The first-order chi connectivity index (χ1) is 9.58. The summed E-state index contributed by atoms with van der Waals surface area (Å²) in [5, 5.41) is 3.04. The number of methoxy groups -OCH3 is 1. The molecule has 0 aliphatic heterocycles. The molecule has 0 amide bonds. The lowest BCUT2D eigenvalue weighted by Crippen LogP contribution is -2.40. The van der Waals surface area contributed by atoms with Gasteiger partial charge in [-0.25, -0.2) is 13.1 Å². The van der Waals surface area contributed by atoms with E-state index in [4.69, 9.17) is 4.74 Å². The van der Waals surface area contributed by atoms with Crippen LogP contribution in [0.15, 0.2) is 23.4 Å². The van der Waals surface area contributed by atoms with Gasteiger partial charge in [-0.2, -0.15) is 0 Å². The van der Waals surface area contributed by atoms with Crippen LogP contribution in [0.1, 0.15) is 26.2 Å². The number of nitrogens with zero attached hydrogens (tertiary/aromatic N) is 1. The Kier molecular flexibility index (Phi) is 4.95. The van der Waals surface area contributed by atoms with E-state index in [9.17, 15) is 8.42 Å². The van der Waals surface area contributed by atoms with Gasteiger partial charge in [-0.15, -0.1) is 0 Å². The van der Waals surface area contributed by atoms with E-state index in [1.807, 2.05) is 6.92 Å². The lowest BCUT2D eigenvalue weighted by Gasteiger charge is -2.20. The number of nitrogens with one attached hydrogen (secondary N) is 2. The van der Waals surface area contributed by atoms with Gasteiger partial charge in [0.25, 0.3) is 0 Å². The molecular weight excluding hydrogens is 278 g/mol. The third kappa shape index (κ3) is 3.28. The summed E-state index contributed by atoms with van der Waals surface area (Å²) in [6.45, 7) is 2.57. The van der Waals surface area contributed by atoms with E-state index < -0.39 is 10.0 Å². The number of rotatable bonds is 6. The fourth-order valence-corrected chi connectivity index (χ4v) is 3.96. The predicted molar refractivity (Wildman–Crippen MR) is 77.2 cm³/mol. The molecule has 1 aromatic rings. The molecule has 6 nitrogen and oxygen atoms in total. The average Bonchev–Trinajstić information content (AvgIpc) is 2.86. The maximum atomic E-state index is 12.5. The molecule has 112 valence electrons. The Morgan fingerprint density at radius 3 is 2.95 bits per heavy atom. The summed E-state index contributed by atoms with van der Waals surface area (Å²) in [5.74, 6) is 0. The van der Waals surface area contributed by atoms with Crippen molar-refractivity contribution in [3.05, 3.63) is 18.5 Å². The molecule has 1 saturated carbocycles. The van der Waals surface area contributed by atoms with Crippen molar-refractivity contribution in [1.82, 2.24) is 9.71 Å². The standard InChI is InChI=1S/C13H21N3O3S/c1-3-15-11-7-8-14-9-13(11)20(17,18)16-10-5-4-6-12(10)19-2/h7-10,12,16H,3-6H2,1-2H3,(H,14,15). The molecule has 0 bridgehead atoms. The van der Waals surface area contributed by atoms with Crippen molar-refractivity contribution < 1.29 is 13.2 Å². The van der Waals surface area contributed by atoms with Gasteiger partial charge in [0.15, 0.2) is 0 Å². The summed E-state index contributed by atoms with van der Waals surface area (Å²) in [6.07, 6.45) is 5.55. The maximum absolute atomic E-state index is 12.5. The van der Waals surface area contributed by atoms with Crippen LogP contribution in [0.4, 0.5) is 5.69 Å². The summed E-state index contributed by atoms with van der Waals surface area (Å²) in [5.41, 5.74) is 0.571. The molecule has 1 fully saturated rings. The van der Waals surface area contributed by atoms with Crippen LogP contribution in [0.5, 0.6) is 0 Å². The molecule has 1 heterocycles. The Morgan fingerprint density at radius 1 is 1.45 bits per heavy atom. The summed E-state index contributed by atoms with van der Waals surface area (Å²) < 4.78 is 33.1. The van der Waals surface area contributed by atoms with Crippen molar-refractivity contribution in [2.45, 2.75) is 43.2 Å². The Hall–Kier alpha value is -1.18. The fraction of sp³-hybridized carbons (Fsp3) is 0.615. The van der Waals surface area contributed by atoms with Crippen LogP contribution in [-0.2, 0) is 14.8 Å². The zero-order valence-corrected chi connectivity index (χ0v) is 12.6. The second-order valence-corrected chi connectivity index (χ2v) is 6.52. The summed E-state index contributed by atoms with van der Waals surface area (Å²) in [6, 6.07) is 1.50. The van der Waals surface area contributed by atoms with Crippen molar-refractivity contribution in [2.75, 3.05) is 19.0 Å². The highest BCUT2D eigenvalue weighted by Gasteiger charge is 2.32. The molecule has 20 heavy (non-hydrogen) atoms. The Bertz CT molecular complexity index is 548. The number of pyridine rings is 1. The number of hydrogen-bond acceptors (Lipinski definition) is 5. The van der Waals surface area contributed by atoms with E-state index in [2.05, 4.69) is 15.0 Å². The smallest absolute Gasteiger partial charge is 0.244 e. The molecule has 2 unspecified atom stereocenters. The highest BCUT2D eigenvalue weighted by molar-refractivity contribution is 7.89. The first-order valence-corrected chi connectivity index (χ1v) is 8.29. The third-order valence-electron chi connectivity index (χ3n) is 3.50. The molecule has 2 N–H and O–H groups in total. The minimum atomic E-state index is -3.59. The molecule has 0 radical (unpaired) electrons. The second kappa shape index (κ2) is 6.51. The molecule has 1 aliphatic rings. The van der Waals surface area contributed by atoms with Crippen molar-refractivity contribution in [3.63, 3.8) is 0 Å². The highest BCUT2D eigenvalue weighted by atomic mass is 32.2. The lowest BCUT2D eigenvalue weighted by atomic mass is 10.2. The fourth-order valence-electron chi connectivity index (χ4n) is 2.54. The van der Waals surface area contributed by atoms with Crippen LogP contribution in [-0.4, -0.2) is 39.2 Å². The number of hydrogen-bond donors (Lipinski definition) is 2. The SMILES string of the molecule is CCNc1ccncc1S(=O)(=O)NC1CCCC1OC. The zero-order chi connectivity index (χ0) is 14.6. The predicted octanol–water partition coefficient (Wildman–Crippen LogP) is 1.36. The largest absolute Gasteiger partial charge is 0.384 e. The zero-order valence-electron chi connectivity index (χ0n) is 11.8. The van der Waals surface area contributed by atoms with E-state index in [-0.39, 0.29) is 17.0 Å². The summed E-state index contributed by atoms with van der Waals surface area (Å²) >= 11 is 0. The van der Waals surface area contributed by atoms with Crippen LogP contribution in [0.25, 0.3) is 0 Å². The molecule has 0 saturated heterocycles. The monoisotopic (exact) mass is 299 g/mol. The van der Waals surface area contributed by atoms with E-state index >= 15 is 0 Å². The Morgan fingerprint density at radius 2 is 2.25 bits per heavy atom. The van der Waals surface area contributed by atoms with Gasteiger partial charge in [-0.3, -0.25) is 4.98 Å². The van der Waals surface area contributed by atoms with Gasteiger partial charge in [-0.05, 0) is 32.3 Å². The van der Waals surface area contributed by atoms with Crippen molar-refractivity contribution in [2.24, 2.45) is 0 Å². The molecule has 1 aliphatic carbocycles. The van der Waals surface area contributed by atoms with Gasteiger partial charge in [-0.1, -0.05) is 0 Å². The molecule has 2 rings (SSSR count). The van der Waals surface area contributed by atoms with Crippen molar-refractivity contribution >= 4 is 15.7 Å². The van der Waals surface area contributed by atoms with Crippen LogP contribution in [0.2, 0.25) is 0 Å². The van der Waals surface area contributed by atoms with Crippen LogP contribution >= 0.6 is 0 Å². The first-order valence-electron chi connectivity index (χ1n) is 6.81. The molecule has 2 atom stereocenters. The van der Waals surface area contributed by atoms with E-state index in [0.717, 1.165) is 19.3 Å². The summed E-state index contributed by atoms with van der Waals surface area (Å²) in [4.78, 5) is 4.10. The van der Waals surface area contributed by atoms with Gasteiger partial charge >= 0.3 is 0 Å². The molecule has 7 heteroatoms. The second-order valence-electron chi connectivity index (χ2n) is 4.84. The van der Waals surface area contributed by atoms with Crippen LogP contribution < -0.4 is 10.0 Å². The highest BCUT2D eigenvalue weighted by Crippen LogP contribution is 2.25. The lowest BCUT2D eigenvalue weighted by molar-refractivity contribution is 0.0916. The van der Waals surface area contributed by atoms with Gasteiger partial charge in [0.2, 0.25) is 10.0 Å². The maximum Gasteiger partial charge on any atom is 0.244 e. The van der Waals surface area contributed by atoms with E-state index in [1.165, 1.54) is 6.20 Å². The minimum absolute atomic E-state index is 0.0518. The van der Waals surface area contributed by atoms with Crippen LogP contribution in [0, 0.1) is 0 Å². The third-order valence-corrected chi connectivity index (χ3v) is 5.02.